The number of hydrogen-bond acceptors (Lipinski definition) is 3. The summed E-state index contributed by atoms with van der Waals surface area (Å²) in [5, 5.41) is 4.44. The van der Waals surface area contributed by atoms with Gasteiger partial charge < -0.3 is 14.8 Å². The molecule has 0 saturated carbocycles. The van der Waals surface area contributed by atoms with Crippen molar-refractivity contribution in [3.63, 3.8) is 0 Å². The van der Waals surface area contributed by atoms with Gasteiger partial charge in [-0.2, -0.15) is 0 Å². The molecule has 0 radical (unpaired) electrons. The minimum absolute atomic E-state index is 0.378. The molecule has 0 heterocycles. The van der Waals surface area contributed by atoms with E-state index in [9.17, 15) is 0 Å². The Morgan fingerprint density at radius 2 is 1.80 bits per heavy atom. The van der Waals surface area contributed by atoms with Gasteiger partial charge in [0, 0.05) is 6.54 Å². The van der Waals surface area contributed by atoms with Gasteiger partial charge in [-0.25, -0.2) is 0 Å². The number of hydrogen-bond donors (Lipinski definition) is 1. The first-order valence-corrected chi connectivity index (χ1v) is 9.82. The van der Waals surface area contributed by atoms with Crippen LogP contribution in [-0.2, 0) is 13.2 Å². The number of rotatable bonds is 9. The lowest BCUT2D eigenvalue weighted by atomic mass is 10.2. The lowest BCUT2D eigenvalue weighted by Gasteiger charge is -2.16. The summed E-state index contributed by atoms with van der Waals surface area (Å²) in [5.41, 5.74) is 2.09. The topological polar surface area (TPSA) is 30.5 Å². The molecule has 3 nitrogen and oxygen atoms in total. The molecule has 2 aromatic carbocycles. The fourth-order valence-electron chi connectivity index (χ4n) is 2.32. The van der Waals surface area contributed by atoms with Gasteiger partial charge in [0.1, 0.15) is 6.61 Å². The van der Waals surface area contributed by atoms with Crippen molar-refractivity contribution in [2.24, 2.45) is 0 Å². The maximum absolute atomic E-state index is 6.06. The van der Waals surface area contributed by atoms with Crippen molar-refractivity contribution in [1.82, 2.24) is 5.32 Å². The Kier molecular flexibility index (Phi) is 8.37. The van der Waals surface area contributed by atoms with E-state index in [1.165, 1.54) is 0 Å². The lowest BCUT2D eigenvalue weighted by molar-refractivity contribution is 0.267. The van der Waals surface area contributed by atoms with E-state index in [1.54, 1.807) is 12.1 Å². The van der Waals surface area contributed by atoms with Gasteiger partial charge in [0.05, 0.1) is 21.1 Å². The molecule has 0 saturated heterocycles. The molecule has 6 heteroatoms. The van der Waals surface area contributed by atoms with Crippen LogP contribution in [0.1, 0.15) is 31.4 Å². The van der Waals surface area contributed by atoms with Crippen molar-refractivity contribution in [3.05, 3.63) is 56.0 Å². The molecule has 2 rings (SSSR count). The molecule has 0 atom stereocenters. The normalized spacial score (nSPS) is 10.8. The zero-order chi connectivity index (χ0) is 18.2. The number of halogens is 3. The van der Waals surface area contributed by atoms with Crippen molar-refractivity contribution in [3.8, 4) is 11.5 Å². The number of nitrogens with one attached hydrogen (secondary N) is 1. The Morgan fingerprint density at radius 1 is 1.00 bits per heavy atom. The molecular weight excluding hydrogens is 425 g/mol. The first kappa shape index (κ1) is 20.4. The Hall–Kier alpha value is -0.940. The highest BCUT2D eigenvalue weighted by molar-refractivity contribution is 9.10. The van der Waals surface area contributed by atoms with E-state index in [1.807, 2.05) is 19.1 Å². The molecule has 0 aliphatic rings. The van der Waals surface area contributed by atoms with E-state index in [0.29, 0.717) is 29.0 Å². The van der Waals surface area contributed by atoms with Crippen molar-refractivity contribution in [2.75, 3.05) is 13.2 Å². The second-order valence-electron chi connectivity index (χ2n) is 5.55. The van der Waals surface area contributed by atoms with Gasteiger partial charge in [-0.3, -0.25) is 0 Å². The molecule has 0 fully saturated rings. The van der Waals surface area contributed by atoms with Crippen LogP contribution in [0.15, 0.2) is 34.8 Å². The molecule has 2 aromatic rings. The molecular formula is C19H22BrCl2NO2. The molecule has 0 unspecified atom stereocenters. The zero-order valence-corrected chi connectivity index (χ0v) is 17.5. The summed E-state index contributed by atoms with van der Waals surface area (Å²) >= 11 is 15.6. The Labute approximate surface area is 167 Å². The Morgan fingerprint density at radius 3 is 2.48 bits per heavy atom. The molecule has 25 heavy (non-hydrogen) atoms. The van der Waals surface area contributed by atoms with E-state index in [2.05, 4.69) is 34.2 Å². The van der Waals surface area contributed by atoms with Crippen LogP contribution in [0.5, 0.6) is 11.5 Å². The van der Waals surface area contributed by atoms with E-state index in [-0.39, 0.29) is 0 Å². The van der Waals surface area contributed by atoms with Crippen molar-refractivity contribution in [1.29, 1.82) is 0 Å². The Bertz CT molecular complexity index is 710. The first-order chi connectivity index (χ1) is 12.0. The van der Waals surface area contributed by atoms with Crippen LogP contribution in [0.2, 0.25) is 10.0 Å². The van der Waals surface area contributed by atoms with Crippen LogP contribution in [0.3, 0.4) is 0 Å². The van der Waals surface area contributed by atoms with Crippen LogP contribution < -0.4 is 14.8 Å². The minimum Gasteiger partial charge on any atom is -0.490 e. The second-order valence-corrected chi connectivity index (χ2v) is 7.22. The molecule has 0 aromatic heterocycles. The summed E-state index contributed by atoms with van der Waals surface area (Å²) in [7, 11) is 0. The molecule has 0 spiro atoms. The summed E-state index contributed by atoms with van der Waals surface area (Å²) < 4.78 is 12.6. The predicted molar refractivity (Wildman–Crippen MR) is 108 cm³/mol. The van der Waals surface area contributed by atoms with Gasteiger partial charge in [-0.15, -0.1) is 0 Å². The van der Waals surface area contributed by atoms with Crippen molar-refractivity contribution in [2.45, 2.75) is 33.4 Å². The average Bonchev–Trinajstić information content (AvgIpc) is 2.58. The van der Waals surface area contributed by atoms with Crippen LogP contribution in [0.25, 0.3) is 0 Å². The molecule has 0 aliphatic heterocycles. The third-order valence-corrected chi connectivity index (χ3v) is 4.82. The standard InChI is InChI=1S/C19H22BrCl2NO2/c1-3-7-23-11-14-8-15(20)19(18(10-14)24-4-2)25-12-13-5-6-16(21)17(22)9-13/h5-6,8-10,23H,3-4,7,11-12H2,1-2H3. The number of ether oxygens (including phenoxy) is 2. The monoisotopic (exact) mass is 445 g/mol. The van der Waals surface area contributed by atoms with Crippen LogP contribution in [-0.4, -0.2) is 13.2 Å². The maximum Gasteiger partial charge on any atom is 0.175 e. The summed E-state index contributed by atoms with van der Waals surface area (Å²) in [6.45, 7) is 6.83. The smallest absolute Gasteiger partial charge is 0.175 e. The number of benzene rings is 2. The fourth-order valence-corrected chi connectivity index (χ4v) is 3.25. The summed E-state index contributed by atoms with van der Waals surface area (Å²) in [5.74, 6) is 1.41. The van der Waals surface area contributed by atoms with Gasteiger partial charge >= 0.3 is 0 Å². The predicted octanol–water partition coefficient (Wildman–Crippen LogP) is 6.23. The highest BCUT2D eigenvalue weighted by Gasteiger charge is 2.13. The zero-order valence-electron chi connectivity index (χ0n) is 14.4. The van der Waals surface area contributed by atoms with E-state index in [4.69, 9.17) is 32.7 Å². The van der Waals surface area contributed by atoms with E-state index >= 15 is 0 Å². The molecule has 0 amide bonds. The highest BCUT2D eigenvalue weighted by Crippen LogP contribution is 2.37. The summed E-state index contributed by atoms with van der Waals surface area (Å²) in [4.78, 5) is 0. The molecule has 0 bridgehead atoms. The highest BCUT2D eigenvalue weighted by atomic mass is 79.9. The van der Waals surface area contributed by atoms with Gasteiger partial charge in [0.15, 0.2) is 11.5 Å². The second kappa shape index (κ2) is 10.3. The van der Waals surface area contributed by atoms with Crippen LogP contribution >= 0.6 is 39.1 Å². The Balaban J connectivity index is 2.15. The minimum atomic E-state index is 0.378. The lowest BCUT2D eigenvalue weighted by Crippen LogP contribution is -2.14. The summed E-state index contributed by atoms with van der Waals surface area (Å²) in [6.07, 6.45) is 1.10. The molecule has 1 N–H and O–H groups in total. The van der Waals surface area contributed by atoms with E-state index in [0.717, 1.165) is 40.9 Å². The first-order valence-electron chi connectivity index (χ1n) is 8.27. The van der Waals surface area contributed by atoms with E-state index < -0.39 is 0 Å². The van der Waals surface area contributed by atoms with Crippen LogP contribution in [0.4, 0.5) is 0 Å². The van der Waals surface area contributed by atoms with Crippen LogP contribution in [0, 0.1) is 0 Å². The third kappa shape index (κ3) is 6.07. The third-order valence-electron chi connectivity index (χ3n) is 3.49. The quantitative estimate of drug-likeness (QED) is 0.463. The average molecular weight is 447 g/mol. The summed E-state index contributed by atoms with van der Waals surface area (Å²) in [6, 6.07) is 9.53. The van der Waals surface area contributed by atoms with Gasteiger partial charge in [-0.1, -0.05) is 36.2 Å². The SMILES string of the molecule is CCCNCc1cc(Br)c(OCc2ccc(Cl)c(Cl)c2)c(OCC)c1. The van der Waals surface area contributed by atoms with Gasteiger partial charge in [0.25, 0.3) is 0 Å². The van der Waals surface area contributed by atoms with Crippen molar-refractivity contribution < 1.29 is 9.47 Å². The largest absolute Gasteiger partial charge is 0.490 e. The van der Waals surface area contributed by atoms with Gasteiger partial charge in [0.2, 0.25) is 0 Å². The maximum atomic E-state index is 6.06. The van der Waals surface area contributed by atoms with Gasteiger partial charge in [-0.05, 0) is 71.2 Å². The molecule has 0 aliphatic carbocycles. The van der Waals surface area contributed by atoms with Crippen molar-refractivity contribution >= 4 is 39.1 Å². The molecule has 136 valence electrons. The fraction of sp³-hybridized carbons (Fsp3) is 0.368.